The van der Waals surface area contributed by atoms with Crippen molar-refractivity contribution in [3.8, 4) is 0 Å². The normalized spacial score (nSPS) is 18.2. The van der Waals surface area contributed by atoms with Gasteiger partial charge < -0.3 is 5.32 Å². The molecule has 1 aliphatic carbocycles. The van der Waals surface area contributed by atoms with Crippen LogP contribution >= 0.6 is 27.5 Å². The molecule has 3 heteroatoms. The molecule has 1 aromatic carbocycles. The molecule has 1 unspecified atom stereocenters. The molecule has 0 aliphatic heterocycles. The van der Waals surface area contributed by atoms with Crippen molar-refractivity contribution in [2.75, 3.05) is 6.54 Å². The first-order chi connectivity index (χ1) is 8.72. The maximum atomic E-state index is 6.41. The van der Waals surface area contributed by atoms with Crippen LogP contribution in [0.3, 0.4) is 0 Å². The van der Waals surface area contributed by atoms with Gasteiger partial charge in [-0.05, 0) is 49.4 Å². The Morgan fingerprint density at radius 2 is 2.11 bits per heavy atom. The van der Waals surface area contributed by atoms with Gasteiger partial charge in [0.1, 0.15) is 0 Å². The van der Waals surface area contributed by atoms with Crippen molar-refractivity contribution in [3.63, 3.8) is 0 Å². The predicted octanol–water partition coefficient (Wildman–Crippen LogP) is 5.33. The number of benzene rings is 1. The Morgan fingerprint density at radius 1 is 1.39 bits per heavy atom. The van der Waals surface area contributed by atoms with Crippen LogP contribution in [0.4, 0.5) is 0 Å². The molecule has 1 nitrogen and oxygen atoms in total. The van der Waals surface area contributed by atoms with Gasteiger partial charge in [0.2, 0.25) is 0 Å². The minimum absolute atomic E-state index is 0.424. The molecule has 100 valence electrons. The number of rotatable bonds is 5. The summed E-state index contributed by atoms with van der Waals surface area (Å²) < 4.78 is 1.05. The summed E-state index contributed by atoms with van der Waals surface area (Å²) in [5.74, 6) is 0.746. The van der Waals surface area contributed by atoms with E-state index in [1.54, 1.807) is 0 Å². The smallest absolute Gasteiger partial charge is 0.0465 e. The molecule has 1 atom stereocenters. The second-order valence-corrected chi connectivity index (χ2v) is 6.47. The van der Waals surface area contributed by atoms with Crippen LogP contribution in [0.25, 0.3) is 0 Å². The summed E-state index contributed by atoms with van der Waals surface area (Å²) in [6, 6.07) is 6.69. The molecule has 1 fully saturated rings. The van der Waals surface area contributed by atoms with Crippen molar-refractivity contribution in [3.05, 3.63) is 33.3 Å². The zero-order valence-electron chi connectivity index (χ0n) is 10.9. The minimum Gasteiger partial charge on any atom is -0.310 e. The van der Waals surface area contributed by atoms with E-state index in [1.807, 2.05) is 6.07 Å². The highest BCUT2D eigenvalue weighted by Gasteiger charge is 2.27. The topological polar surface area (TPSA) is 12.0 Å². The maximum Gasteiger partial charge on any atom is 0.0465 e. The Bertz CT molecular complexity index is 388. The molecule has 1 aromatic rings. The SMILES string of the molecule is CCCNC(c1ccc(Br)cc1Cl)C1CCCC1. The molecule has 1 N–H and O–H groups in total. The van der Waals surface area contributed by atoms with Crippen LogP contribution in [0.1, 0.15) is 50.6 Å². The van der Waals surface area contributed by atoms with Gasteiger partial charge in [0, 0.05) is 15.5 Å². The lowest BCUT2D eigenvalue weighted by molar-refractivity contribution is 0.368. The van der Waals surface area contributed by atoms with E-state index < -0.39 is 0 Å². The highest BCUT2D eigenvalue weighted by molar-refractivity contribution is 9.10. The molecule has 0 radical (unpaired) electrons. The van der Waals surface area contributed by atoms with Crippen LogP contribution in [0.2, 0.25) is 5.02 Å². The summed E-state index contributed by atoms with van der Waals surface area (Å²) in [4.78, 5) is 0. The molecule has 0 spiro atoms. The van der Waals surface area contributed by atoms with Crippen molar-refractivity contribution >= 4 is 27.5 Å². The molecule has 0 bridgehead atoms. The van der Waals surface area contributed by atoms with E-state index in [2.05, 4.69) is 40.3 Å². The van der Waals surface area contributed by atoms with E-state index in [0.29, 0.717) is 6.04 Å². The first-order valence-electron chi connectivity index (χ1n) is 6.90. The van der Waals surface area contributed by atoms with Crippen molar-refractivity contribution < 1.29 is 0 Å². The lowest BCUT2D eigenvalue weighted by Crippen LogP contribution is -2.28. The standard InChI is InChI=1S/C15H21BrClN/c1-2-9-18-15(11-5-3-4-6-11)13-8-7-12(16)10-14(13)17/h7-8,10-11,15,18H,2-6,9H2,1H3. The van der Waals surface area contributed by atoms with Gasteiger partial charge in [-0.15, -0.1) is 0 Å². The van der Waals surface area contributed by atoms with Crippen LogP contribution in [0.15, 0.2) is 22.7 Å². The fourth-order valence-electron chi connectivity index (χ4n) is 2.87. The third-order valence-corrected chi connectivity index (χ3v) is 4.60. The summed E-state index contributed by atoms with van der Waals surface area (Å²) >= 11 is 9.89. The van der Waals surface area contributed by atoms with Crippen LogP contribution in [-0.4, -0.2) is 6.54 Å². The molecule has 0 aromatic heterocycles. The second-order valence-electron chi connectivity index (χ2n) is 5.14. The van der Waals surface area contributed by atoms with Crippen LogP contribution in [0.5, 0.6) is 0 Å². The molecule has 2 rings (SSSR count). The van der Waals surface area contributed by atoms with Gasteiger partial charge in [-0.3, -0.25) is 0 Å². The van der Waals surface area contributed by atoms with Gasteiger partial charge in [-0.25, -0.2) is 0 Å². The molecule has 0 saturated heterocycles. The van der Waals surface area contributed by atoms with Gasteiger partial charge in [0.05, 0.1) is 0 Å². The van der Waals surface area contributed by atoms with Crippen molar-refractivity contribution in [1.29, 1.82) is 0 Å². The van der Waals surface area contributed by atoms with Crippen LogP contribution in [0, 0.1) is 5.92 Å². The second kappa shape index (κ2) is 6.93. The van der Waals surface area contributed by atoms with Crippen molar-refractivity contribution in [2.45, 2.75) is 45.1 Å². The number of halogens is 2. The van der Waals surface area contributed by atoms with E-state index in [1.165, 1.54) is 31.2 Å². The Labute approximate surface area is 123 Å². The third-order valence-electron chi connectivity index (χ3n) is 3.78. The number of hydrogen-bond acceptors (Lipinski definition) is 1. The largest absolute Gasteiger partial charge is 0.310 e. The predicted molar refractivity (Wildman–Crippen MR) is 82.1 cm³/mol. The average Bonchev–Trinajstić information content (AvgIpc) is 2.85. The minimum atomic E-state index is 0.424. The molecule has 0 heterocycles. The first kappa shape index (κ1) is 14.4. The Morgan fingerprint density at radius 3 is 2.72 bits per heavy atom. The highest BCUT2D eigenvalue weighted by Crippen LogP contribution is 2.38. The molecular weight excluding hydrogens is 310 g/mol. The fraction of sp³-hybridized carbons (Fsp3) is 0.600. The lowest BCUT2D eigenvalue weighted by atomic mass is 9.91. The molecule has 1 saturated carbocycles. The number of hydrogen-bond donors (Lipinski definition) is 1. The van der Waals surface area contributed by atoms with Crippen LogP contribution < -0.4 is 5.32 Å². The average molecular weight is 331 g/mol. The Kier molecular flexibility index (Phi) is 5.53. The Balaban J connectivity index is 2.20. The lowest BCUT2D eigenvalue weighted by Gasteiger charge is -2.26. The summed E-state index contributed by atoms with van der Waals surface area (Å²) in [5, 5.41) is 4.57. The molecule has 1 aliphatic rings. The summed E-state index contributed by atoms with van der Waals surface area (Å²) in [6.45, 7) is 3.27. The summed E-state index contributed by atoms with van der Waals surface area (Å²) in [5.41, 5.74) is 1.26. The molecular formula is C15H21BrClN. The fourth-order valence-corrected chi connectivity index (χ4v) is 3.67. The first-order valence-corrected chi connectivity index (χ1v) is 8.07. The zero-order valence-corrected chi connectivity index (χ0v) is 13.2. The van der Waals surface area contributed by atoms with E-state index in [4.69, 9.17) is 11.6 Å². The monoisotopic (exact) mass is 329 g/mol. The van der Waals surface area contributed by atoms with Crippen molar-refractivity contribution in [1.82, 2.24) is 5.32 Å². The quantitative estimate of drug-likeness (QED) is 0.769. The Hall–Kier alpha value is -0.0500. The number of nitrogens with one attached hydrogen (secondary N) is 1. The van der Waals surface area contributed by atoms with Crippen molar-refractivity contribution in [2.24, 2.45) is 5.92 Å². The molecule has 0 amide bonds. The highest BCUT2D eigenvalue weighted by atomic mass is 79.9. The maximum absolute atomic E-state index is 6.41. The molecule has 18 heavy (non-hydrogen) atoms. The summed E-state index contributed by atoms with van der Waals surface area (Å²) in [6.07, 6.45) is 6.55. The van der Waals surface area contributed by atoms with E-state index in [0.717, 1.165) is 28.4 Å². The third kappa shape index (κ3) is 3.49. The summed E-state index contributed by atoms with van der Waals surface area (Å²) in [7, 11) is 0. The van der Waals surface area contributed by atoms with E-state index >= 15 is 0 Å². The van der Waals surface area contributed by atoms with E-state index in [9.17, 15) is 0 Å². The van der Waals surface area contributed by atoms with Gasteiger partial charge >= 0.3 is 0 Å². The van der Waals surface area contributed by atoms with Gasteiger partial charge in [0.25, 0.3) is 0 Å². The van der Waals surface area contributed by atoms with Crippen LogP contribution in [-0.2, 0) is 0 Å². The van der Waals surface area contributed by atoms with Gasteiger partial charge in [0.15, 0.2) is 0 Å². The zero-order chi connectivity index (χ0) is 13.0. The van der Waals surface area contributed by atoms with Gasteiger partial charge in [-0.1, -0.05) is 53.4 Å². The van der Waals surface area contributed by atoms with E-state index in [-0.39, 0.29) is 0 Å². The van der Waals surface area contributed by atoms with Gasteiger partial charge in [-0.2, -0.15) is 0 Å².